The number of hydrogen-bond acceptors (Lipinski definition) is 3. The fraction of sp³-hybridized carbons (Fsp3) is 0.333. The lowest BCUT2D eigenvalue weighted by Gasteiger charge is -2.19. The molecule has 1 aromatic rings. The highest BCUT2D eigenvalue weighted by atomic mass is 32.2. The number of nitrogen functional groups attached to an aromatic ring is 1. The first-order valence-electron chi connectivity index (χ1n) is 5.24. The zero-order chi connectivity index (χ0) is 13.2. The molecule has 0 saturated carbocycles. The van der Waals surface area contributed by atoms with Crippen molar-refractivity contribution in [2.45, 2.75) is 18.7 Å². The first-order valence-corrected chi connectivity index (χ1v) is 6.68. The lowest BCUT2D eigenvalue weighted by atomic mass is 10.1. The standard InChI is InChI=1S/C12H18N2O2S/c1-5-6-14(4)17(15,16)12-9(2)7-11(13)8-10(12)3/h5,7-8H,1,6,13H2,2-4H3. The second-order valence-corrected chi connectivity index (χ2v) is 6.04. The van der Waals surface area contributed by atoms with Crippen molar-refractivity contribution in [2.24, 2.45) is 0 Å². The highest BCUT2D eigenvalue weighted by Gasteiger charge is 2.24. The molecule has 5 heteroatoms. The van der Waals surface area contributed by atoms with E-state index in [1.807, 2.05) is 0 Å². The highest BCUT2D eigenvalue weighted by Crippen LogP contribution is 2.25. The minimum Gasteiger partial charge on any atom is -0.399 e. The summed E-state index contributed by atoms with van der Waals surface area (Å²) in [6, 6.07) is 3.34. The van der Waals surface area contributed by atoms with E-state index in [1.165, 1.54) is 11.4 Å². The molecular weight excluding hydrogens is 236 g/mol. The van der Waals surface area contributed by atoms with Gasteiger partial charge >= 0.3 is 0 Å². The first-order chi connectivity index (χ1) is 7.80. The van der Waals surface area contributed by atoms with E-state index in [0.717, 1.165) is 0 Å². The van der Waals surface area contributed by atoms with Crippen molar-refractivity contribution < 1.29 is 8.42 Å². The van der Waals surface area contributed by atoms with Gasteiger partial charge in [0.25, 0.3) is 0 Å². The van der Waals surface area contributed by atoms with Gasteiger partial charge in [0.05, 0.1) is 4.90 Å². The van der Waals surface area contributed by atoms with Crippen molar-refractivity contribution in [3.05, 3.63) is 35.9 Å². The van der Waals surface area contributed by atoms with Gasteiger partial charge in [-0.2, -0.15) is 4.31 Å². The van der Waals surface area contributed by atoms with Gasteiger partial charge in [0.1, 0.15) is 0 Å². The Hall–Kier alpha value is -1.33. The summed E-state index contributed by atoms with van der Waals surface area (Å²) in [6.07, 6.45) is 1.56. The molecule has 0 heterocycles. The molecule has 17 heavy (non-hydrogen) atoms. The first kappa shape index (κ1) is 13.7. The molecule has 0 amide bonds. The van der Waals surface area contributed by atoms with Crippen LogP contribution < -0.4 is 5.73 Å². The summed E-state index contributed by atoms with van der Waals surface area (Å²) in [7, 11) is -1.94. The van der Waals surface area contributed by atoms with Crippen LogP contribution in [-0.2, 0) is 10.0 Å². The number of sulfonamides is 1. The molecule has 0 aromatic heterocycles. The van der Waals surface area contributed by atoms with Crippen molar-refractivity contribution in [1.82, 2.24) is 4.31 Å². The SMILES string of the molecule is C=CCN(C)S(=O)(=O)c1c(C)cc(N)cc1C. The molecule has 0 bridgehead atoms. The van der Waals surface area contributed by atoms with E-state index in [-0.39, 0.29) is 6.54 Å². The Balaban J connectivity index is 3.39. The molecule has 0 aliphatic heterocycles. The molecule has 0 spiro atoms. The van der Waals surface area contributed by atoms with Crippen LogP contribution in [0.4, 0.5) is 5.69 Å². The average Bonchev–Trinajstić information content (AvgIpc) is 2.15. The molecule has 0 aliphatic carbocycles. The number of benzene rings is 1. The largest absolute Gasteiger partial charge is 0.399 e. The zero-order valence-corrected chi connectivity index (χ0v) is 11.2. The predicted molar refractivity (Wildman–Crippen MR) is 70.3 cm³/mol. The smallest absolute Gasteiger partial charge is 0.243 e. The van der Waals surface area contributed by atoms with Gasteiger partial charge < -0.3 is 5.73 Å². The summed E-state index contributed by atoms with van der Waals surface area (Å²) in [5, 5.41) is 0. The summed E-state index contributed by atoms with van der Waals surface area (Å²) in [5.41, 5.74) is 7.59. The third kappa shape index (κ3) is 2.68. The van der Waals surface area contributed by atoms with Gasteiger partial charge in [-0.25, -0.2) is 8.42 Å². The Morgan fingerprint density at radius 2 is 1.82 bits per heavy atom. The highest BCUT2D eigenvalue weighted by molar-refractivity contribution is 7.89. The van der Waals surface area contributed by atoms with Gasteiger partial charge in [-0.15, -0.1) is 6.58 Å². The molecular formula is C12H18N2O2S. The third-order valence-electron chi connectivity index (χ3n) is 2.54. The third-order valence-corrected chi connectivity index (χ3v) is 4.67. The van der Waals surface area contributed by atoms with Crippen LogP contribution in [0.3, 0.4) is 0 Å². The number of aryl methyl sites for hydroxylation is 2. The molecule has 0 unspecified atom stereocenters. The predicted octanol–water partition coefficient (Wildman–Crippen LogP) is 1.69. The summed E-state index contributed by atoms with van der Waals surface area (Å²) < 4.78 is 25.9. The Bertz CT molecular complexity index is 512. The Kier molecular flexibility index (Phi) is 3.95. The number of nitrogens with zero attached hydrogens (tertiary/aromatic N) is 1. The lowest BCUT2D eigenvalue weighted by Crippen LogP contribution is -2.28. The van der Waals surface area contributed by atoms with E-state index in [1.54, 1.807) is 32.1 Å². The van der Waals surface area contributed by atoms with Crippen molar-refractivity contribution >= 4 is 15.7 Å². The normalized spacial score (nSPS) is 11.8. The van der Waals surface area contributed by atoms with Crippen LogP contribution in [0.2, 0.25) is 0 Å². The van der Waals surface area contributed by atoms with Gasteiger partial charge in [-0.3, -0.25) is 0 Å². The number of anilines is 1. The van der Waals surface area contributed by atoms with Gasteiger partial charge in [0, 0.05) is 19.3 Å². The molecule has 0 aliphatic rings. The van der Waals surface area contributed by atoms with E-state index in [2.05, 4.69) is 6.58 Å². The second kappa shape index (κ2) is 4.89. The topological polar surface area (TPSA) is 63.4 Å². The molecule has 1 rings (SSSR count). The van der Waals surface area contributed by atoms with Gasteiger partial charge in [-0.1, -0.05) is 6.08 Å². The van der Waals surface area contributed by atoms with Gasteiger partial charge in [0.2, 0.25) is 10.0 Å². The van der Waals surface area contributed by atoms with E-state index in [0.29, 0.717) is 21.7 Å². The fourth-order valence-corrected chi connectivity index (χ4v) is 3.37. The Labute approximate surface area is 103 Å². The number of rotatable bonds is 4. The zero-order valence-electron chi connectivity index (χ0n) is 10.4. The Morgan fingerprint density at radius 3 is 2.24 bits per heavy atom. The van der Waals surface area contributed by atoms with E-state index >= 15 is 0 Å². The molecule has 0 saturated heterocycles. The fourth-order valence-electron chi connectivity index (χ4n) is 1.83. The number of likely N-dealkylation sites (N-methyl/N-ethyl adjacent to an activating group) is 1. The van der Waals surface area contributed by atoms with Crippen molar-refractivity contribution in [3.63, 3.8) is 0 Å². The van der Waals surface area contributed by atoms with Crippen LogP contribution >= 0.6 is 0 Å². The second-order valence-electron chi connectivity index (χ2n) is 4.06. The maximum atomic E-state index is 12.3. The number of nitrogens with two attached hydrogens (primary N) is 1. The molecule has 0 fully saturated rings. The maximum absolute atomic E-state index is 12.3. The van der Waals surface area contributed by atoms with Crippen LogP contribution in [0.25, 0.3) is 0 Å². The monoisotopic (exact) mass is 254 g/mol. The van der Waals surface area contributed by atoms with Crippen LogP contribution in [0.5, 0.6) is 0 Å². The number of hydrogen-bond donors (Lipinski definition) is 1. The van der Waals surface area contributed by atoms with Crippen molar-refractivity contribution in [2.75, 3.05) is 19.3 Å². The van der Waals surface area contributed by atoms with Crippen LogP contribution in [0, 0.1) is 13.8 Å². The molecule has 0 atom stereocenters. The summed E-state index contributed by atoms with van der Waals surface area (Å²) in [4.78, 5) is 0.330. The molecule has 1 aromatic carbocycles. The molecule has 94 valence electrons. The van der Waals surface area contributed by atoms with Crippen molar-refractivity contribution in [1.29, 1.82) is 0 Å². The van der Waals surface area contributed by atoms with Crippen LogP contribution in [0.15, 0.2) is 29.7 Å². The maximum Gasteiger partial charge on any atom is 0.243 e. The van der Waals surface area contributed by atoms with Crippen molar-refractivity contribution in [3.8, 4) is 0 Å². The molecule has 2 N–H and O–H groups in total. The van der Waals surface area contributed by atoms with Crippen LogP contribution in [-0.4, -0.2) is 26.3 Å². The summed E-state index contributed by atoms with van der Waals surface area (Å²) >= 11 is 0. The summed E-state index contributed by atoms with van der Waals surface area (Å²) in [5.74, 6) is 0. The van der Waals surface area contributed by atoms with Crippen LogP contribution in [0.1, 0.15) is 11.1 Å². The molecule has 0 radical (unpaired) electrons. The van der Waals surface area contributed by atoms with E-state index < -0.39 is 10.0 Å². The van der Waals surface area contributed by atoms with Gasteiger partial charge in [0.15, 0.2) is 0 Å². The summed E-state index contributed by atoms with van der Waals surface area (Å²) in [6.45, 7) is 7.32. The average molecular weight is 254 g/mol. The quantitative estimate of drug-likeness (QED) is 0.657. The minimum absolute atomic E-state index is 0.283. The van der Waals surface area contributed by atoms with E-state index in [9.17, 15) is 8.42 Å². The Morgan fingerprint density at radius 1 is 1.35 bits per heavy atom. The minimum atomic E-state index is -3.47. The van der Waals surface area contributed by atoms with E-state index in [4.69, 9.17) is 5.73 Å². The molecule has 4 nitrogen and oxygen atoms in total. The van der Waals surface area contributed by atoms with Gasteiger partial charge in [-0.05, 0) is 37.1 Å². The lowest BCUT2D eigenvalue weighted by molar-refractivity contribution is 0.498.